The molecule has 1 aliphatic rings. The molecule has 2 rings (SSSR count). The van der Waals surface area contributed by atoms with E-state index in [1.165, 1.54) is 0 Å². The van der Waals surface area contributed by atoms with E-state index in [-0.39, 0.29) is 17.5 Å². The number of nitrogens with zero attached hydrogens (tertiary/aromatic N) is 1. The Bertz CT molecular complexity index is 443. The van der Waals surface area contributed by atoms with Gasteiger partial charge in [0.15, 0.2) is 0 Å². The molecule has 3 nitrogen and oxygen atoms in total. The van der Waals surface area contributed by atoms with Crippen molar-refractivity contribution in [3.05, 3.63) is 35.4 Å². The van der Waals surface area contributed by atoms with Crippen LogP contribution in [-0.4, -0.2) is 29.9 Å². The van der Waals surface area contributed by atoms with Gasteiger partial charge in [0.2, 0.25) is 0 Å². The summed E-state index contributed by atoms with van der Waals surface area (Å²) in [6.45, 7) is 1.13. The molecule has 0 saturated carbocycles. The molecule has 0 bridgehead atoms. The standard InChI is InChI=1S/C14H18F2N2O/c15-11-7-10(8-12(16)9-11)14(19)18-6-2-1-3-13(18)4-5-17/h7-9,13H,1-6,17H2. The molecule has 1 saturated heterocycles. The molecule has 0 spiro atoms. The highest BCUT2D eigenvalue weighted by Gasteiger charge is 2.27. The van der Waals surface area contributed by atoms with Crippen LogP contribution in [0.4, 0.5) is 8.78 Å². The SMILES string of the molecule is NCCC1CCCCN1C(=O)c1cc(F)cc(F)c1. The molecule has 0 aromatic heterocycles. The van der Waals surface area contributed by atoms with Crippen LogP contribution in [0.25, 0.3) is 0 Å². The lowest BCUT2D eigenvalue weighted by molar-refractivity contribution is 0.0604. The topological polar surface area (TPSA) is 46.3 Å². The van der Waals surface area contributed by atoms with Gasteiger partial charge in [-0.3, -0.25) is 4.79 Å². The molecule has 1 aromatic carbocycles. The van der Waals surface area contributed by atoms with Crippen LogP contribution in [-0.2, 0) is 0 Å². The van der Waals surface area contributed by atoms with Gasteiger partial charge >= 0.3 is 0 Å². The Morgan fingerprint density at radius 1 is 1.26 bits per heavy atom. The molecule has 1 unspecified atom stereocenters. The maximum atomic E-state index is 13.2. The number of amides is 1. The number of nitrogens with two attached hydrogens (primary N) is 1. The zero-order valence-corrected chi connectivity index (χ0v) is 10.7. The Balaban J connectivity index is 2.20. The molecule has 0 aliphatic carbocycles. The van der Waals surface area contributed by atoms with E-state index in [1.54, 1.807) is 4.90 Å². The second kappa shape index (κ2) is 6.10. The highest BCUT2D eigenvalue weighted by Crippen LogP contribution is 2.22. The predicted octanol–water partition coefficient (Wildman–Crippen LogP) is 2.31. The first-order chi connectivity index (χ1) is 9.11. The predicted molar refractivity (Wildman–Crippen MR) is 68.7 cm³/mol. The lowest BCUT2D eigenvalue weighted by atomic mass is 9.98. The van der Waals surface area contributed by atoms with Gasteiger partial charge in [0.25, 0.3) is 5.91 Å². The Hall–Kier alpha value is -1.49. The molecule has 1 aliphatic heterocycles. The van der Waals surface area contributed by atoms with Crippen LogP contribution in [0.5, 0.6) is 0 Å². The number of carbonyl (C=O) groups excluding carboxylic acids is 1. The van der Waals surface area contributed by atoms with Gasteiger partial charge in [-0.15, -0.1) is 0 Å². The van der Waals surface area contributed by atoms with Crippen molar-refractivity contribution in [3.8, 4) is 0 Å². The first-order valence-corrected chi connectivity index (χ1v) is 6.59. The highest BCUT2D eigenvalue weighted by molar-refractivity contribution is 5.94. The van der Waals surface area contributed by atoms with Crippen molar-refractivity contribution in [2.24, 2.45) is 5.73 Å². The minimum absolute atomic E-state index is 0.0708. The molecule has 0 radical (unpaired) electrons. The van der Waals surface area contributed by atoms with Gasteiger partial charge in [0, 0.05) is 24.2 Å². The Kier molecular flexibility index (Phi) is 4.47. The van der Waals surface area contributed by atoms with Gasteiger partial charge in [-0.1, -0.05) is 0 Å². The number of piperidine rings is 1. The van der Waals surface area contributed by atoms with E-state index < -0.39 is 11.6 Å². The van der Waals surface area contributed by atoms with Crippen LogP contribution in [0.3, 0.4) is 0 Å². The largest absolute Gasteiger partial charge is 0.336 e. The van der Waals surface area contributed by atoms with Crippen molar-refractivity contribution in [3.63, 3.8) is 0 Å². The summed E-state index contributed by atoms with van der Waals surface area (Å²) in [5.74, 6) is -1.76. The minimum atomic E-state index is -0.726. The fourth-order valence-electron chi connectivity index (χ4n) is 2.60. The molecule has 1 atom stereocenters. The van der Waals surface area contributed by atoms with Crippen molar-refractivity contribution in [1.29, 1.82) is 0 Å². The van der Waals surface area contributed by atoms with Gasteiger partial charge in [-0.25, -0.2) is 8.78 Å². The number of halogens is 2. The van der Waals surface area contributed by atoms with Gasteiger partial charge < -0.3 is 10.6 Å². The fourth-order valence-corrected chi connectivity index (χ4v) is 2.60. The maximum Gasteiger partial charge on any atom is 0.254 e. The van der Waals surface area contributed by atoms with Crippen LogP contribution < -0.4 is 5.73 Å². The Labute approximate surface area is 111 Å². The molecule has 1 heterocycles. The van der Waals surface area contributed by atoms with E-state index >= 15 is 0 Å². The van der Waals surface area contributed by atoms with Crippen molar-refractivity contribution in [1.82, 2.24) is 4.90 Å². The van der Waals surface area contributed by atoms with E-state index in [1.807, 2.05) is 0 Å². The molecule has 1 aromatic rings. The van der Waals surface area contributed by atoms with Gasteiger partial charge in [0.1, 0.15) is 11.6 Å². The van der Waals surface area contributed by atoms with Gasteiger partial charge in [0.05, 0.1) is 0 Å². The van der Waals surface area contributed by atoms with Crippen molar-refractivity contribution < 1.29 is 13.6 Å². The van der Waals surface area contributed by atoms with Crippen LogP contribution in [0.2, 0.25) is 0 Å². The molecule has 5 heteroatoms. The van der Waals surface area contributed by atoms with E-state index in [4.69, 9.17) is 5.73 Å². The van der Waals surface area contributed by atoms with Crippen LogP contribution in [0.15, 0.2) is 18.2 Å². The Morgan fingerprint density at radius 2 is 1.95 bits per heavy atom. The summed E-state index contributed by atoms with van der Waals surface area (Å²) in [5, 5.41) is 0. The molecule has 19 heavy (non-hydrogen) atoms. The lowest BCUT2D eigenvalue weighted by Crippen LogP contribution is -2.44. The summed E-state index contributed by atoms with van der Waals surface area (Å²) in [5.41, 5.74) is 5.62. The van der Waals surface area contributed by atoms with E-state index in [2.05, 4.69) is 0 Å². The van der Waals surface area contributed by atoms with Crippen LogP contribution in [0, 0.1) is 11.6 Å². The maximum absolute atomic E-state index is 13.2. The van der Waals surface area contributed by atoms with Crippen molar-refractivity contribution in [2.75, 3.05) is 13.1 Å². The summed E-state index contributed by atoms with van der Waals surface area (Å²) in [4.78, 5) is 14.0. The van der Waals surface area contributed by atoms with E-state index in [0.29, 0.717) is 13.1 Å². The van der Waals surface area contributed by atoms with Crippen molar-refractivity contribution >= 4 is 5.91 Å². The number of hydrogen-bond donors (Lipinski definition) is 1. The average molecular weight is 268 g/mol. The smallest absolute Gasteiger partial charge is 0.254 e. The van der Waals surface area contributed by atoms with Gasteiger partial charge in [-0.2, -0.15) is 0 Å². The zero-order valence-electron chi connectivity index (χ0n) is 10.7. The van der Waals surface area contributed by atoms with Crippen LogP contribution >= 0.6 is 0 Å². The average Bonchev–Trinajstić information content (AvgIpc) is 2.38. The first kappa shape index (κ1) is 13.9. The third-order valence-corrected chi connectivity index (χ3v) is 3.50. The third-order valence-electron chi connectivity index (χ3n) is 3.50. The summed E-state index contributed by atoms with van der Waals surface area (Å²) in [6, 6.07) is 3.02. The Morgan fingerprint density at radius 3 is 2.58 bits per heavy atom. The summed E-state index contributed by atoms with van der Waals surface area (Å²) >= 11 is 0. The number of likely N-dealkylation sites (tertiary alicyclic amines) is 1. The number of hydrogen-bond acceptors (Lipinski definition) is 2. The fraction of sp³-hybridized carbons (Fsp3) is 0.500. The first-order valence-electron chi connectivity index (χ1n) is 6.59. The zero-order chi connectivity index (χ0) is 13.8. The molecule has 2 N–H and O–H groups in total. The highest BCUT2D eigenvalue weighted by atomic mass is 19.1. The lowest BCUT2D eigenvalue weighted by Gasteiger charge is -2.35. The van der Waals surface area contributed by atoms with E-state index in [9.17, 15) is 13.6 Å². The normalized spacial score (nSPS) is 19.5. The molecular weight excluding hydrogens is 250 g/mol. The van der Waals surface area contributed by atoms with Gasteiger partial charge in [-0.05, 0) is 44.4 Å². The monoisotopic (exact) mass is 268 g/mol. The third kappa shape index (κ3) is 3.29. The number of benzene rings is 1. The molecular formula is C14H18F2N2O. The minimum Gasteiger partial charge on any atom is -0.336 e. The molecule has 104 valence electrons. The quantitative estimate of drug-likeness (QED) is 0.914. The summed E-state index contributed by atoms with van der Waals surface area (Å²) < 4.78 is 26.3. The van der Waals surface area contributed by atoms with E-state index in [0.717, 1.165) is 43.9 Å². The number of rotatable bonds is 3. The molecule has 1 amide bonds. The van der Waals surface area contributed by atoms with Crippen LogP contribution in [0.1, 0.15) is 36.0 Å². The summed E-state index contributed by atoms with van der Waals surface area (Å²) in [6.07, 6.45) is 3.61. The second-order valence-corrected chi connectivity index (χ2v) is 4.88. The molecule has 1 fully saturated rings. The second-order valence-electron chi connectivity index (χ2n) is 4.88. The number of carbonyl (C=O) groups is 1. The van der Waals surface area contributed by atoms with Crippen molar-refractivity contribution in [2.45, 2.75) is 31.7 Å². The summed E-state index contributed by atoms with van der Waals surface area (Å²) in [7, 11) is 0.